The van der Waals surface area contributed by atoms with Gasteiger partial charge >= 0.3 is 0 Å². The van der Waals surface area contributed by atoms with Gasteiger partial charge < -0.3 is 5.11 Å². The van der Waals surface area contributed by atoms with Gasteiger partial charge in [-0.15, -0.1) is 0 Å². The summed E-state index contributed by atoms with van der Waals surface area (Å²) < 4.78 is 0. The summed E-state index contributed by atoms with van der Waals surface area (Å²) in [7, 11) is 1.17. The molecule has 9 heavy (non-hydrogen) atoms. The summed E-state index contributed by atoms with van der Waals surface area (Å²) >= 11 is 0. The summed E-state index contributed by atoms with van der Waals surface area (Å²) in [6, 6.07) is 0. The predicted octanol–water partition coefficient (Wildman–Crippen LogP) is -0.970. The van der Waals surface area contributed by atoms with E-state index in [2.05, 4.69) is 4.84 Å². The van der Waals surface area contributed by atoms with Crippen LogP contribution in [0.5, 0.6) is 0 Å². The third-order valence-electron chi connectivity index (χ3n) is 0.166. The fourth-order valence-corrected chi connectivity index (χ4v) is 0.0745. The summed E-state index contributed by atoms with van der Waals surface area (Å²) in [5, 5.41) is 15.3. The third-order valence-corrected chi connectivity index (χ3v) is 0.166. The fraction of sp³-hybridized carbons (Fsp3) is 0.500. The zero-order chi connectivity index (χ0) is 7.70. The minimum atomic E-state index is -0.792. The SMILES string of the molecule is CON[N+](=O)[O-].O=CO. The molecule has 0 radical (unpaired) electrons. The first-order valence-corrected chi connectivity index (χ1v) is 1.70. The predicted molar refractivity (Wildman–Crippen MR) is 25.8 cm³/mol. The maximum absolute atomic E-state index is 9.17. The van der Waals surface area contributed by atoms with E-state index in [1.54, 1.807) is 0 Å². The minimum absolute atomic E-state index is 0.250. The zero-order valence-electron chi connectivity index (χ0n) is 4.60. The van der Waals surface area contributed by atoms with Crippen molar-refractivity contribution in [3.8, 4) is 0 Å². The summed E-state index contributed by atoms with van der Waals surface area (Å²) in [6.45, 7) is -0.250. The highest BCUT2D eigenvalue weighted by atomic mass is 16.8. The van der Waals surface area contributed by atoms with Crippen LogP contribution < -0.4 is 5.59 Å². The van der Waals surface area contributed by atoms with E-state index in [-0.39, 0.29) is 6.47 Å². The average molecular weight is 138 g/mol. The minimum Gasteiger partial charge on any atom is -0.483 e. The van der Waals surface area contributed by atoms with E-state index in [9.17, 15) is 0 Å². The highest BCUT2D eigenvalue weighted by Crippen LogP contribution is 1.51. The van der Waals surface area contributed by atoms with Gasteiger partial charge in [0.15, 0.2) is 5.03 Å². The number of nitrogens with zero attached hydrogens (tertiary/aromatic N) is 1. The quantitative estimate of drug-likeness (QED) is 0.289. The van der Waals surface area contributed by atoms with E-state index in [0.717, 1.165) is 0 Å². The number of hydrazine groups is 1. The number of nitro groups is 1. The lowest BCUT2D eigenvalue weighted by Gasteiger charge is -1.84. The molecule has 0 aromatic carbocycles. The molecule has 0 atom stereocenters. The number of rotatable bonds is 2. The van der Waals surface area contributed by atoms with Crippen molar-refractivity contribution in [3.05, 3.63) is 10.1 Å². The molecule has 0 bridgehead atoms. The van der Waals surface area contributed by atoms with Crippen molar-refractivity contribution in [1.82, 2.24) is 5.59 Å². The Hall–Kier alpha value is -1.37. The topological polar surface area (TPSA) is 102 Å². The van der Waals surface area contributed by atoms with Crippen molar-refractivity contribution < 1.29 is 19.8 Å². The van der Waals surface area contributed by atoms with Crippen molar-refractivity contribution in [2.45, 2.75) is 0 Å². The molecule has 0 heterocycles. The molecular formula is C2H6N2O5. The molecule has 0 aliphatic heterocycles. The van der Waals surface area contributed by atoms with E-state index < -0.39 is 5.03 Å². The van der Waals surface area contributed by atoms with Crippen molar-refractivity contribution in [3.63, 3.8) is 0 Å². The van der Waals surface area contributed by atoms with E-state index in [1.165, 1.54) is 12.7 Å². The van der Waals surface area contributed by atoms with Gasteiger partial charge in [0.25, 0.3) is 6.47 Å². The Morgan fingerprint density at radius 1 is 1.89 bits per heavy atom. The van der Waals surface area contributed by atoms with Gasteiger partial charge in [0.05, 0.1) is 7.11 Å². The molecule has 0 fully saturated rings. The molecule has 0 spiro atoms. The summed E-state index contributed by atoms with van der Waals surface area (Å²) in [5.74, 6) is 0. The van der Waals surface area contributed by atoms with Crippen molar-refractivity contribution in [2.24, 2.45) is 0 Å². The summed E-state index contributed by atoms with van der Waals surface area (Å²) in [4.78, 5) is 21.4. The molecule has 0 aromatic heterocycles. The van der Waals surface area contributed by atoms with E-state index in [0.29, 0.717) is 0 Å². The Balaban J connectivity index is 0. The number of hydrogen-bond acceptors (Lipinski definition) is 4. The van der Waals surface area contributed by atoms with Gasteiger partial charge in [-0.1, -0.05) is 0 Å². The average Bonchev–Trinajstić information content (AvgIpc) is 1.67. The summed E-state index contributed by atoms with van der Waals surface area (Å²) in [6.07, 6.45) is 0. The summed E-state index contributed by atoms with van der Waals surface area (Å²) in [5.41, 5.74) is 1.43. The molecule has 0 aliphatic carbocycles. The van der Waals surface area contributed by atoms with Crippen LogP contribution in [0.4, 0.5) is 0 Å². The van der Waals surface area contributed by atoms with Gasteiger partial charge in [-0.3, -0.25) is 4.79 Å². The highest BCUT2D eigenvalue weighted by Gasteiger charge is 1.81. The Morgan fingerprint density at radius 3 is 2.22 bits per heavy atom. The number of carbonyl (C=O) groups is 1. The van der Waals surface area contributed by atoms with Gasteiger partial charge in [0.1, 0.15) is 0 Å². The molecular weight excluding hydrogens is 132 g/mol. The van der Waals surface area contributed by atoms with Crippen LogP contribution >= 0.6 is 0 Å². The molecule has 7 nitrogen and oxygen atoms in total. The lowest BCUT2D eigenvalue weighted by molar-refractivity contribution is -0.603. The Labute approximate surface area is 50.3 Å². The molecule has 0 rings (SSSR count). The van der Waals surface area contributed by atoms with Crippen molar-refractivity contribution in [1.29, 1.82) is 0 Å². The van der Waals surface area contributed by atoms with Crippen molar-refractivity contribution >= 4 is 6.47 Å². The maximum Gasteiger partial charge on any atom is 0.290 e. The van der Waals surface area contributed by atoms with Crippen molar-refractivity contribution in [2.75, 3.05) is 7.11 Å². The number of hydrogen-bond donors (Lipinski definition) is 2. The third kappa shape index (κ3) is 53.5. The monoisotopic (exact) mass is 138 g/mol. The van der Waals surface area contributed by atoms with Gasteiger partial charge in [0.2, 0.25) is 0 Å². The molecule has 54 valence electrons. The zero-order valence-corrected chi connectivity index (χ0v) is 4.60. The number of carboxylic acid groups (broad SMARTS) is 1. The second-order valence-corrected chi connectivity index (χ2v) is 0.658. The number of nitrogens with one attached hydrogen (secondary N) is 1. The maximum atomic E-state index is 9.17. The van der Waals surface area contributed by atoms with Crippen LogP contribution in [-0.4, -0.2) is 23.7 Å². The standard InChI is InChI=1S/CH4N2O3.CH2O2/c1-6-2-3(4)5;2-1-3/h2H,1H3;1H,(H,2,3). The van der Waals surface area contributed by atoms with Crippen LogP contribution in [0.15, 0.2) is 0 Å². The second kappa shape index (κ2) is 9.80. The van der Waals surface area contributed by atoms with Crippen LogP contribution in [0.2, 0.25) is 0 Å². The molecule has 0 unspecified atom stereocenters. The van der Waals surface area contributed by atoms with E-state index >= 15 is 0 Å². The smallest absolute Gasteiger partial charge is 0.290 e. The fourth-order valence-electron chi connectivity index (χ4n) is 0.0745. The first-order chi connectivity index (χ1) is 4.18. The van der Waals surface area contributed by atoms with E-state index in [1.807, 2.05) is 0 Å². The molecule has 0 saturated heterocycles. The molecule has 7 heteroatoms. The second-order valence-electron chi connectivity index (χ2n) is 0.658. The lowest BCUT2D eigenvalue weighted by atomic mass is 11.7. The van der Waals surface area contributed by atoms with Gasteiger partial charge in [-0.05, 0) is 5.59 Å². The van der Waals surface area contributed by atoms with Gasteiger partial charge in [-0.25, -0.2) is 15.0 Å². The Morgan fingerprint density at radius 2 is 2.22 bits per heavy atom. The Bertz CT molecular complexity index is 83.0. The van der Waals surface area contributed by atoms with Crippen LogP contribution in [0, 0.1) is 10.1 Å². The molecule has 0 amide bonds. The van der Waals surface area contributed by atoms with Crippen LogP contribution in [0.1, 0.15) is 0 Å². The molecule has 0 aliphatic rings. The Kier molecular flexibility index (Phi) is 11.5. The molecule has 0 saturated carbocycles. The highest BCUT2D eigenvalue weighted by molar-refractivity contribution is 5.32. The van der Waals surface area contributed by atoms with E-state index in [4.69, 9.17) is 20.0 Å². The first kappa shape index (κ1) is 10.6. The molecule has 2 N–H and O–H groups in total. The van der Waals surface area contributed by atoms with Crippen LogP contribution in [-0.2, 0) is 9.63 Å². The van der Waals surface area contributed by atoms with Crippen LogP contribution in [0.3, 0.4) is 0 Å². The van der Waals surface area contributed by atoms with Gasteiger partial charge in [0, 0.05) is 0 Å². The van der Waals surface area contributed by atoms with Gasteiger partial charge in [-0.2, -0.15) is 0 Å². The largest absolute Gasteiger partial charge is 0.483 e. The lowest BCUT2D eigenvalue weighted by Crippen LogP contribution is -2.18. The van der Waals surface area contributed by atoms with Crippen LogP contribution in [0.25, 0.3) is 0 Å². The molecule has 0 aromatic rings. The first-order valence-electron chi connectivity index (χ1n) is 1.70. The normalized spacial score (nSPS) is 6.33.